The molecule has 0 spiro atoms. The van der Waals surface area contributed by atoms with E-state index in [2.05, 4.69) is 9.43 Å². The van der Waals surface area contributed by atoms with E-state index in [-0.39, 0.29) is 0 Å². The molecule has 1 aromatic rings. The van der Waals surface area contributed by atoms with E-state index >= 15 is 0 Å². The van der Waals surface area contributed by atoms with Crippen LogP contribution in [0, 0.1) is 0 Å². The molecule has 0 radical (unpaired) electrons. The standard InChI is InChI=1S/C4H6N5O2S/c1-8-2-3-9(4-8)12(10,11)7-6-5/h2-4H,1H3/q+1. The molecule has 1 rings (SSSR count). The summed E-state index contributed by atoms with van der Waals surface area (Å²) in [4.78, 5) is 2.20. The Hall–Kier alpha value is -1.53. The number of hydrogen-bond donors (Lipinski definition) is 0. The van der Waals surface area contributed by atoms with Crippen molar-refractivity contribution in [2.75, 3.05) is 0 Å². The third-order valence-electron chi connectivity index (χ3n) is 1.15. The van der Waals surface area contributed by atoms with Gasteiger partial charge in [0.05, 0.1) is 11.6 Å². The summed E-state index contributed by atoms with van der Waals surface area (Å²) in [6.45, 7) is 0. The maximum atomic E-state index is 11.0. The predicted octanol–water partition coefficient (Wildman–Crippen LogP) is -0.284. The molecular weight excluding hydrogens is 182 g/mol. The van der Waals surface area contributed by atoms with Crippen molar-refractivity contribution in [3.05, 3.63) is 29.2 Å². The Morgan fingerprint density at radius 1 is 1.67 bits per heavy atom. The molecule has 8 heteroatoms. The van der Waals surface area contributed by atoms with Crippen LogP contribution in [0.2, 0.25) is 0 Å². The van der Waals surface area contributed by atoms with Crippen LogP contribution in [0.1, 0.15) is 0 Å². The molecule has 64 valence electrons. The first-order chi connectivity index (χ1) is 5.56. The lowest BCUT2D eigenvalue weighted by Crippen LogP contribution is -2.24. The molecule has 0 saturated carbocycles. The smallest absolute Gasteiger partial charge is 0.239 e. The summed E-state index contributed by atoms with van der Waals surface area (Å²) >= 11 is 0. The van der Waals surface area contributed by atoms with Crippen LogP contribution in [0.15, 0.2) is 23.2 Å². The Bertz CT molecular complexity index is 426. The summed E-state index contributed by atoms with van der Waals surface area (Å²) in [5.74, 6) is 0. The number of aryl methyl sites for hydroxylation is 1. The minimum Gasteiger partial charge on any atom is -0.239 e. The van der Waals surface area contributed by atoms with Gasteiger partial charge in [-0.05, 0) is 5.53 Å². The van der Waals surface area contributed by atoms with Crippen molar-refractivity contribution in [1.29, 1.82) is 0 Å². The van der Waals surface area contributed by atoms with Crippen molar-refractivity contribution in [2.45, 2.75) is 0 Å². The Labute approximate surface area is 68.7 Å². The summed E-state index contributed by atoms with van der Waals surface area (Å²) in [6.07, 6.45) is 4.08. The van der Waals surface area contributed by atoms with Crippen LogP contribution in [0.5, 0.6) is 0 Å². The van der Waals surface area contributed by atoms with Gasteiger partial charge in [-0.3, -0.25) is 0 Å². The number of azide groups is 1. The molecule has 0 saturated heterocycles. The van der Waals surface area contributed by atoms with Gasteiger partial charge in [-0.1, -0.05) is 0 Å². The van der Waals surface area contributed by atoms with Gasteiger partial charge in [-0.2, -0.15) is 8.42 Å². The summed E-state index contributed by atoms with van der Waals surface area (Å²) < 4.78 is 26.9. The number of imidazole rings is 1. The molecule has 0 unspecified atom stereocenters. The van der Waals surface area contributed by atoms with Crippen LogP contribution in [0.3, 0.4) is 0 Å². The van der Waals surface area contributed by atoms with E-state index in [4.69, 9.17) is 5.53 Å². The van der Waals surface area contributed by atoms with Crippen LogP contribution in [0.25, 0.3) is 10.4 Å². The molecule has 0 N–H and O–H groups in total. The van der Waals surface area contributed by atoms with E-state index in [1.807, 2.05) is 0 Å². The molecule has 0 aliphatic carbocycles. The highest BCUT2D eigenvalue weighted by Gasteiger charge is 2.16. The highest BCUT2D eigenvalue weighted by molar-refractivity contribution is 7.88. The van der Waals surface area contributed by atoms with Crippen molar-refractivity contribution >= 4 is 10.2 Å². The number of rotatable bonds is 2. The zero-order chi connectivity index (χ0) is 9.19. The minimum absolute atomic E-state index is 0.826. The first kappa shape index (κ1) is 8.57. The van der Waals surface area contributed by atoms with E-state index < -0.39 is 10.2 Å². The molecule has 7 nitrogen and oxygen atoms in total. The zero-order valence-electron chi connectivity index (χ0n) is 6.19. The fraction of sp³-hybridized carbons (Fsp3) is 0.250. The van der Waals surface area contributed by atoms with Gasteiger partial charge in [-0.25, -0.2) is 4.57 Å². The number of nitrogens with zero attached hydrogens (tertiary/aromatic N) is 5. The zero-order valence-corrected chi connectivity index (χ0v) is 7.01. The maximum Gasteiger partial charge on any atom is 0.398 e. The molecule has 1 heterocycles. The van der Waals surface area contributed by atoms with Crippen molar-refractivity contribution in [1.82, 2.24) is 3.97 Å². The quantitative estimate of drug-likeness (QED) is 0.276. The SMILES string of the molecule is C[n+]1ccn(S(=O)(=O)N=[N+]=[N-])c1. The Morgan fingerprint density at radius 2 is 2.33 bits per heavy atom. The summed E-state index contributed by atoms with van der Waals surface area (Å²) in [6, 6.07) is 0. The normalized spacial score (nSPS) is 10.8. The average molecular weight is 188 g/mol. The van der Waals surface area contributed by atoms with Crippen LogP contribution in [-0.2, 0) is 17.3 Å². The van der Waals surface area contributed by atoms with Crippen LogP contribution >= 0.6 is 0 Å². The fourth-order valence-electron chi connectivity index (χ4n) is 0.652. The molecule has 0 atom stereocenters. The second-order valence-corrected chi connectivity index (χ2v) is 3.54. The maximum absolute atomic E-state index is 11.0. The van der Waals surface area contributed by atoms with Gasteiger partial charge in [0.15, 0.2) is 0 Å². The third-order valence-corrected chi connectivity index (χ3v) is 2.18. The van der Waals surface area contributed by atoms with Crippen LogP contribution < -0.4 is 4.57 Å². The highest BCUT2D eigenvalue weighted by atomic mass is 32.2. The van der Waals surface area contributed by atoms with E-state index in [1.54, 1.807) is 7.05 Å². The second-order valence-electron chi connectivity index (χ2n) is 2.06. The summed E-state index contributed by atoms with van der Waals surface area (Å²) in [5, 5.41) is 0. The van der Waals surface area contributed by atoms with E-state index in [0.29, 0.717) is 0 Å². The van der Waals surface area contributed by atoms with Gasteiger partial charge >= 0.3 is 10.2 Å². The molecule has 0 aliphatic heterocycles. The highest BCUT2D eigenvalue weighted by Crippen LogP contribution is 1.96. The topological polar surface area (TPSA) is 91.7 Å². The number of hydrogen-bond acceptors (Lipinski definition) is 2. The molecule has 0 amide bonds. The lowest BCUT2D eigenvalue weighted by Gasteiger charge is -1.85. The van der Waals surface area contributed by atoms with Gasteiger partial charge in [-0.15, -0.1) is 3.97 Å². The Balaban J connectivity index is 3.23. The average Bonchev–Trinajstić information content (AvgIpc) is 2.36. The van der Waals surface area contributed by atoms with Crippen molar-refractivity contribution in [3.63, 3.8) is 0 Å². The molecule has 12 heavy (non-hydrogen) atoms. The van der Waals surface area contributed by atoms with Gasteiger partial charge in [0.2, 0.25) is 0 Å². The third kappa shape index (κ3) is 1.55. The van der Waals surface area contributed by atoms with Crippen molar-refractivity contribution < 1.29 is 13.0 Å². The molecule has 1 aromatic heterocycles. The largest absolute Gasteiger partial charge is 0.398 e. The molecule has 0 aromatic carbocycles. The second kappa shape index (κ2) is 2.84. The lowest BCUT2D eigenvalue weighted by atomic mass is 10.9. The lowest BCUT2D eigenvalue weighted by molar-refractivity contribution is -0.670. The van der Waals surface area contributed by atoms with Gasteiger partial charge in [0, 0.05) is 4.91 Å². The first-order valence-corrected chi connectivity index (χ1v) is 4.31. The monoisotopic (exact) mass is 188 g/mol. The van der Waals surface area contributed by atoms with Crippen LogP contribution in [-0.4, -0.2) is 12.4 Å². The first-order valence-electron chi connectivity index (χ1n) is 2.91. The molecule has 0 fully saturated rings. The predicted molar refractivity (Wildman–Crippen MR) is 39.1 cm³/mol. The minimum atomic E-state index is -3.89. The van der Waals surface area contributed by atoms with Gasteiger partial charge in [0.1, 0.15) is 12.4 Å². The van der Waals surface area contributed by atoms with E-state index in [1.165, 1.54) is 23.3 Å². The molecule has 0 aliphatic rings. The Morgan fingerprint density at radius 3 is 2.75 bits per heavy atom. The van der Waals surface area contributed by atoms with Crippen molar-refractivity contribution in [2.24, 2.45) is 11.6 Å². The Kier molecular flexibility index (Phi) is 2.03. The van der Waals surface area contributed by atoms with Crippen molar-refractivity contribution in [3.8, 4) is 0 Å². The molecular formula is C4H6N5O2S+. The molecule has 0 bridgehead atoms. The fourth-order valence-corrected chi connectivity index (χ4v) is 1.30. The van der Waals surface area contributed by atoms with Gasteiger partial charge in [0.25, 0.3) is 6.33 Å². The van der Waals surface area contributed by atoms with E-state index in [9.17, 15) is 8.42 Å². The summed E-state index contributed by atoms with van der Waals surface area (Å²) in [7, 11) is -2.23. The van der Waals surface area contributed by atoms with Crippen LogP contribution in [0.4, 0.5) is 0 Å². The van der Waals surface area contributed by atoms with Gasteiger partial charge < -0.3 is 0 Å². The van der Waals surface area contributed by atoms with E-state index in [0.717, 1.165) is 3.97 Å². The summed E-state index contributed by atoms with van der Waals surface area (Å²) in [5.41, 5.74) is 7.93. The number of aromatic nitrogens is 2.